The van der Waals surface area contributed by atoms with Gasteiger partial charge in [0.05, 0.1) is 17.1 Å². The van der Waals surface area contributed by atoms with Crippen molar-refractivity contribution in [2.75, 3.05) is 5.32 Å². The lowest BCUT2D eigenvalue weighted by molar-refractivity contribution is 0.771. The third-order valence-electron chi connectivity index (χ3n) is 2.85. The Bertz CT molecular complexity index is 717. The smallest absolute Gasteiger partial charge is 0.152 e. The van der Waals surface area contributed by atoms with Crippen LogP contribution >= 0.6 is 11.6 Å². The topological polar surface area (TPSA) is 42.2 Å². The average Bonchev–Trinajstić information content (AvgIpc) is 2.84. The Morgan fingerprint density at radius 1 is 1.39 bits per heavy atom. The molecule has 2 heterocycles. The zero-order valence-corrected chi connectivity index (χ0v) is 10.9. The van der Waals surface area contributed by atoms with E-state index in [1.807, 2.05) is 31.4 Å². The lowest BCUT2D eigenvalue weighted by Gasteiger charge is -2.04. The molecule has 0 aliphatic carbocycles. The fourth-order valence-corrected chi connectivity index (χ4v) is 2.32. The Morgan fingerprint density at radius 3 is 2.94 bits per heavy atom. The second-order valence-corrected chi connectivity index (χ2v) is 4.86. The summed E-state index contributed by atoms with van der Waals surface area (Å²) in [5.74, 6) is 0.801. The van der Waals surface area contributed by atoms with Crippen molar-refractivity contribution in [1.82, 2.24) is 9.78 Å². The van der Waals surface area contributed by atoms with Gasteiger partial charge in [0.15, 0.2) is 5.82 Å². The zero-order valence-electron chi connectivity index (χ0n) is 10.2. The fourth-order valence-electron chi connectivity index (χ4n) is 2.11. The van der Waals surface area contributed by atoms with E-state index in [0.29, 0.717) is 5.02 Å². The predicted molar refractivity (Wildman–Crippen MR) is 72.7 cm³/mol. The molecule has 0 fully saturated rings. The van der Waals surface area contributed by atoms with E-state index in [9.17, 15) is 0 Å². The molecule has 1 unspecified atom stereocenters. The molecule has 0 saturated heterocycles. The Morgan fingerprint density at radius 2 is 2.22 bits per heavy atom. The van der Waals surface area contributed by atoms with Gasteiger partial charge >= 0.3 is 0 Å². The fraction of sp³-hybridized carbons (Fsp3) is 0.231. The maximum atomic E-state index is 6.11. The van der Waals surface area contributed by atoms with Crippen molar-refractivity contribution in [3.8, 4) is 0 Å². The minimum absolute atomic E-state index is 0.197. The van der Waals surface area contributed by atoms with E-state index in [2.05, 4.69) is 28.4 Å². The zero-order chi connectivity index (χ0) is 12.7. The van der Waals surface area contributed by atoms with Crippen molar-refractivity contribution < 1.29 is 0 Å². The molecule has 18 heavy (non-hydrogen) atoms. The first-order chi connectivity index (χ1) is 8.61. The number of rotatable bonds is 2. The van der Waals surface area contributed by atoms with Crippen LogP contribution in [0, 0.1) is 0 Å². The van der Waals surface area contributed by atoms with Gasteiger partial charge in [-0.05, 0) is 25.1 Å². The third-order valence-corrected chi connectivity index (χ3v) is 3.07. The lowest BCUT2D eigenvalue weighted by atomic mass is 10.2. The number of hydrogen-bond acceptors (Lipinski definition) is 3. The summed E-state index contributed by atoms with van der Waals surface area (Å²) in [7, 11) is 1.89. The van der Waals surface area contributed by atoms with Crippen LogP contribution < -0.4 is 15.9 Å². The van der Waals surface area contributed by atoms with Crippen LogP contribution in [-0.4, -0.2) is 15.8 Å². The summed E-state index contributed by atoms with van der Waals surface area (Å²) >= 11 is 6.11. The van der Waals surface area contributed by atoms with Crippen LogP contribution in [-0.2, 0) is 7.05 Å². The van der Waals surface area contributed by atoms with Crippen LogP contribution in [0.15, 0.2) is 29.4 Å². The Balaban J connectivity index is 2.09. The molecule has 0 saturated carbocycles. The van der Waals surface area contributed by atoms with Gasteiger partial charge < -0.3 is 5.32 Å². The first-order valence-electron chi connectivity index (χ1n) is 5.78. The summed E-state index contributed by atoms with van der Waals surface area (Å²) in [4.78, 5) is 4.51. The number of aromatic nitrogens is 2. The lowest BCUT2D eigenvalue weighted by Crippen LogP contribution is -2.24. The van der Waals surface area contributed by atoms with Crippen molar-refractivity contribution in [3.63, 3.8) is 0 Å². The van der Waals surface area contributed by atoms with Crippen molar-refractivity contribution in [3.05, 3.63) is 40.0 Å². The van der Waals surface area contributed by atoms with Gasteiger partial charge in [-0.2, -0.15) is 5.10 Å². The first kappa shape index (κ1) is 11.3. The van der Waals surface area contributed by atoms with Gasteiger partial charge in [-0.15, -0.1) is 0 Å². The Hall–Kier alpha value is -1.81. The number of aryl methyl sites for hydroxylation is 1. The van der Waals surface area contributed by atoms with Gasteiger partial charge in [0.2, 0.25) is 0 Å². The van der Waals surface area contributed by atoms with Crippen molar-refractivity contribution in [2.24, 2.45) is 12.0 Å². The molecule has 1 aromatic carbocycles. The molecule has 1 N–H and O–H groups in total. The number of benzene rings is 1. The normalized spacial score (nSPS) is 16.9. The number of nitrogens with one attached hydrogen (secondary N) is 1. The number of fused-ring (bicyclic) bond motifs is 1. The summed E-state index contributed by atoms with van der Waals surface area (Å²) in [5.41, 5.74) is 0.948. The van der Waals surface area contributed by atoms with Crippen LogP contribution in [0.3, 0.4) is 0 Å². The summed E-state index contributed by atoms with van der Waals surface area (Å²) < 4.78 is 1.75. The molecule has 5 heteroatoms. The summed E-state index contributed by atoms with van der Waals surface area (Å²) in [6.07, 6.45) is 4.01. The van der Waals surface area contributed by atoms with E-state index in [4.69, 9.17) is 11.6 Å². The second-order valence-electron chi connectivity index (χ2n) is 4.42. The molecule has 0 radical (unpaired) electrons. The van der Waals surface area contributed by atoms with Gasteiger partial charge in [0.1, 0.15) is 0 Å². The molecular formula is C13H13ClN4. The van der Waals surface area contributed by atoms with Gasteiger partial charge in [-0.1, -0.05) is 11.6 Å². The predicted octanol–water partition coefficient (Wildman–Crippen LogP) is 1.62. The molecule has 1 aliphatic heterocycles. The molecule has 3 rings (SSSR count). The highest BCUT2D eigenvalue weighted by molar-refractivity contribution is 6.30. The van der Waals surface area contributed by atoms with Crippen LogP contribution in [0.4, 0.5) is 11.5 Å². The standard InChI is InChI=1S/C13H13ClN4/c1-8-5-10-11(15-8)6-9(14)7-12(10)16-13-3-4-18(2)17-13/h3-8H,1-2H3,(H,16,17). The summed E-state index contributed by atoms with van der Waals surface area (Å²) in [6.45, 7) is 2.05. The maximum absolute atomic E-state index is 6.11. The molecular weight excluding hydrogens is 248 g/mol. The first-order valence-corrected chi connectivity index (χ1v) is 6.15. The maximum Gasteiger partial charge on any atom is 0.152 e. The van der Waals surface area contributed by atoms with E-state index in [0.717, 1.165) is 22.1 Å². The Labute approximate surface area is 110 Å². The molecule has 0 spiro atoms. The molecule has 4 nitrogen and oxygen atoms in total. The molecule has 0 bridgehead atoms. The van der Waals surface area contributed by atoms with Crippen molar-refractivity contribution in [2.45, 2.75) is 13.0 Å². The van der Waals surface area contributed by atoms with Gasteiger partial charge in [0, 0.05) is 29.6 Å². The number of nitrogens with zero attached hydrogens (tertiary/aromatic N) is 3. The van der Waals surface area contributed by atoms with Gasteiger partial charge in [-0.25, -0.2) is 0 Å². The highest BCUT2D eigenvalue weighted by Gasteiger charge is 2.09. The van der Waals surface area contributed by atoms with Gasteiger partial charge in [-0.3, -0.25) is 9.67 Å². The molecule has 1 atom stereocenters. The molecule has 1 aliphatic rings. The molecule has 0 amide bonds. The van der Waals surface area contributed by atoms with E-state index in [1.54, 1.807) is 4.68 Å². The average molecular weight is 261 g/mol. The van der Waals surface area contributed by atoms with Crippen molar-refractivity contribution >= 4 is 29.2 Å². The largest absolute Gasteiger partial charge is 0.338 e. The van der Waals surface area contributed by atoms with E-state index >= 15 is 0 Å². The number of halogens is 1. The number of hydrogen-bond donors (Lipinski definition) is 1. The minimum Gasteiger partial charge on any atom is -0.338 e. The minimum atomic E-state index is 0.197. The van der Waals surface area contributed by atoms with Gasteiger partial charge in [0.25, 0.3) is 0 Å². The SMILES string of the molecule is CC1C=c2c(Nc3ccn(C)n3)cc(Cl)cc2=N1. The second kappa shape index (κ2) is 4.14. The molecule has 1 aromatic heterocycles. The van der Waals surface area contributed by atoms with Crippen LogP contribution in [0.25, 0.3) is 6.08 Å². The monoisotopic (exact) mass is 260 g/mol. The van der Waals surface area contributed by atoms with Crippen LogP contribution in [0.1, 0.15) is 6.92 Å². The number of anilines is 2. The van der Waals surface area contributed by atoms with Crippen LogP contribution in [0.5, 0.6) is 0 Å². The molecule has 92 valence electrons. The van der Waals surface area contributed by atoms with E-state index in [1.165, 1.54) is 0 Å². The highest BCUT2D eigenvalue weighted by Crippen LogP contribution is 2.15. The highest BCUT2D eigenvalue weighted by atomic mass is 35.5. The quantitative estimate of drug-likeness (QED) is 0.892. The molecule has 2 aromatic rings. The third kappa shape index (κ3) is 1.99. The Kier molecular flexibility index (Phi) is 2.59. The summed E-state index contributed by atoms with van der Waals surface area (Å²) in [6, 6.07) is 5.91. The summed E-state index contributed by atoms with van der Waals surface area (Å²) in [5, 5.41) is 10.3. The van der Waals surface area contributed by atoms with E-state index < -0.39 is 0 Å². The van der Waals surface area contributed by atoms with E-state index in [-0.39, 0.29) is 6.04 Å². The van der Waals surface area contributed by atoms with Crippen LogP contribution in [0.2, 0.25) is 5.02 Å². The van der Waals surface area contributed by atoms with Crippen molar-refractivity contribution in [1.29, 1.82) is 0 Å².